The fraction of sp³-hybridized carbons (Fsp3) is 0.629. The minimum atomic E-state index is -1.64. The van der Waals surface area contributed by atoms with Gasteiger partial charge in [0.25, 0.3) is 0 Å². The Morgan fingerprint density at radius 2 is 0.761 bits per heavy atom. The molecule has 0 rings (SSSR count). The van der Waals surface area contributed by atoms with Gasteiger partial charge < -0.3 is 33.3 Å². The molecule has 0 radical (unpaired) electrons. The van der Waals surface area contributed by atoms with Crippen LogP contribution in [-0.4, -0.2) is 82.3 Å². The number of hydrogen-bond acceptors (Lipinski definition) is 8. The van der Waals surface area contributed by atoms with Crippen LogP contribution in [0.15, 0.2) is 122 Å². The van der Waals surface area contributed by atoms with Gasteiger partial charge in [-0.15, -0.1) is 0 Å². The van der Waals surface area contributed by atoms with E-state index in [9.17, 15) is 19.5 Å². The molecule has 0 aliphatic heterocycles. The number of likely N-dealkylation sites (N-methyl/N-ethyl adjacent to an activating group) is 1. The lowest BCUT2D eigenvalue weighted by atomic mass is 10.0. The van der Waals surface area contributed by atoms with Gasteiger partial charge in [-0.2, -0.15) is 0 Å². The minimum Gasteiger partial charge on any atom is -0.545 e. The van der Waals surface area contributed by atoms with Crippen LogP contribution in [0.3, 0.4) is 0 Å². The molecule has 2 unspecified atom stereocenters. The summed E-state index contributed by atoms with van der Waals surface area (Å²) in [4.78, 5) is 37.2. The Morgan fingerprint density at radius 1 is 0.423 bits per heavy atom. The molecule has 2 atom stereocenters. The molecule has 402 valence electrons. The highest BCUT2D eigenvalue weighted by molar-refractivity contribution is 5.70. The Balaban J connectivity index is 4.26. The summed E-state index contributed by atoms with van der Waals surface area (Å²) in [5, 5.41) is 11.7. The van der Waals surface area contributed by atoms with E-state index >= 15 is 0 Å². The second-order valence-electron chi connectivity index (χ2n) is 19.1. The molecule has 0 aliphatic rings. The molecule has 0 aromatic carbocycles. The SMILES string of the molecule is CC/C=C\C/C=C\C/C=C\C/C=C\C/C=C\C/C=C\CCCCCCCCCCCCCCC(=O)OC(COC(=O)CCCC/C=C\C/C=C\C/C=C\C/C=C\CC)COC(OCC[N+](C)(C)C)C(=O)[O-]. The Morgan fingerprint density at radius 3 is 1.15 bits per heavy atom. The van der Waals surface area contributed by atoms with Crippen LogP contribution < -0.4 is 5.11 Å². The lowest BCUT2D eigenvalue weighted by molar-refractivity contribution is -0.870. The largest absolute Gasteiger partial charge is 0.545 e. The summed E-state index contributed by atoms with van der Waals surface area (Å²) >= 11 is 0. The second-order valence-corrected chi connectivity index (χ2v) is 19.1. The van der Waals surface area contributed by atoms with E-state index in [0.717, 1.165) is 96.3 Å². The van der Waals surface area contributed by atoms with Gasteiger partial charge in [0, 0.05) is 12.8 Å². The summed E-state index contributed by atoms with van der Waals surface area (Å²) in [6.07, 6.45) is 69.7. The Hall–Kier alpha value is -4.31. The van der Waals surface area contributed by atoms with Crippen molar-refractivity contribution < 1.29 is 42.9 Å². The van der Waals surface area contributed by atoms with Crippen molar-refractivity contribution in [2.45, 2.75) is 206 Å². The molecule has 0 saturated heterocycles. The van der Waals surface area contributed by atoms with Crippen LogP contribution in [0.2, 0.25) is 0 Å². The van der Waals surface area contributed by atoms with Gasteiger partial charge in [-0.1, -0.05) is 200 Å². The zero-order chi connectivity index (χ0) is 52.0. The van der Waals surface area contributed by atoms with Crippen LogP contribution in [0.25, 0.3) is 0 Å². The molecule has 0 spiro atoms. The number of quaternary nitrogens is 1. The Bertz CT molecular complexity index is 1570. The van der Waals surface area contributed by atoms with Crippen molar-refractivity contribution in [2.75, 3.05) is 47.5 Å². The fourth-order valence-corrected chi connectivity index (χ4v) is 7.00. The van der Waals surface area contributed by atoms with E-state index < -0.39 is 30.3 Å². The van der Waals surface area contributed by atoms with Crippen LogP contribution in [0.1, 0.15) is 194 Å². The number of rotatable bonds is 49. The molecular weight excluding hydrogens is 887 g/mol. The number of aliphatic carboxylic acids is 1. The van der Waals surface area contributed by atoms with Crippen molar-refractivity contribution in [1.82, 2.24) is 0 Å². The van der Waals surface area contributed by atoms with Gasteiger partial charge in [-0.25, -0.2) is 0 Å². The number of allylic oxidation sites excluding steroid dienone is 20. The van der Waals surface area contributed by atoms with Crippen molar-refractivity contribution >= 4 is 17.9 Å². The molecule has 9 nitrogen and oxygen atoms in total. The standard InChI is InChI=1S/C62H101NO8/c1-6-8-10-12-14-16-18-20-22-23-24-25-26-27-28-29-30-31-32-33-34-35-36-37-39-41-43-45-47-49-51-53-60(65)71-58(57-70-62(61(66)67)68-55-54-63(3,4)5)56-69-59(64)52-50-48-46-44-42-40-38-21-19-17-15-13-11-9-7-2/h8-11,14-17,20-22,24-25,27-28,30-31,38,42,44,58,62H,6-7,12-13,18-19,23,26,29,32-37,39-41,43,45-57H2,1-5H3/b10-8-,11-9-,16-14-,17-15-,22-20-,25-24-,28-27-,31-30-,38-21-,44-42-. The first kappa shape index (κ1) is 66.7. The lowest BCUT2D eigenvalue weighted by Crippen LogP contribution is -2.44. The number of carbonyl (C=O) groups is 3. The van der Waals surface area contributed by atoms with Gasteiger partial charge >= 0.3 is 11.9 Å². The Labute approximate surface area is 434 Å². The summed E-state index contributed by atoms with van der Waals surface area (Å²) in [5.74, 6) is -2.36. The molecular formula is C62H101NO8. The minimum absolute atomic E-state index is 0.134. The van der Waals surface area contributed by atoms with Crippen molar-refractivity contribution in [3.63, 3.8) is 0 Å². The third-order valence-corrected chi connectivity index (χ3v) is 11.2. The number of ether oxygens (including phenoxy) is 4. The predicted molar refractivity (Wildman–Crippen MR) is 296 cm³/mol. The van der Waals surface area contributed by atoms with Crippen molar-refractivity contribution in [1.29, 1.82) is 0 Å². The highest BCUT2D eigenvalue weighted by atomic mass is 16.7. The molecule has 0 saturated carbocycles. The van der Waals surface area contributed by atoms with E-state index in [0.29, 0.717) is 23.9 Å². The number of unbranched alkanes of at least 4 members (excludes halogenated alkanes) is 14. The Kier molecular flexibility index (Phi) is 48.9. The van der Waals surface area contributed by atoms with Gasteiger partial charge in [0.2, 0.25) is 0 Å². The predicted octanol–water partition coefficient (Wildman–Crippen LogP) is 14.8. The highest BCUT2D eigenvalue weighted by Gasteiger charge is 2.21. The van der Waals surface area contributed by atoms with E-state index in [1.807, 2.05) is 21.1 Å². The summed E-state index contributed by atoms with van der Waals surface area (Å²) in [6.45, 7) is 4.44. The second kappa shape index (κ2) is 52.0. The summed E-state index contributed by atoms with van der Waals surface area (Å²) < 4.78 is 22.6. The molecule has 0 bridgehead atoms. The molecule has 0 aromatic heterocycles. The molecule has 0 amide bonds. The molecule has 0 aliphatic carbocycles. The summed E-state index contributed by atoms with van der Waals surface area (Å²) in [7, 11) is 5.89. The third kappa shape index (κ3) is 53.3. The van der Waals surface area contributed by atoms with Gasteiger partial charge in [-0.3, -0.25) is 9.59 Å². The molecule has 0 heterocycles. The van der Waals surface area contributed by atoms with Gasteiger partial charge in [-0.05, 0) is 103 Å². The number of carbonyl (C=O) groups excluding carboxylic acids is 3. The average Bonchev–Trinajstić information content (AvgIpc) is 3.34. The quantitative estimate of drug-likeness (QED) is 0.0195. The molecule has 9 heteroatoms. The number of carboxylic acid groups (broad SMARTS) is 1. The smallest absolute Gasteiger partial charge is 0.306 e. The first-order chi connectivity index (χ1) is 34.6. The van der Waals surface area contributed by atoms with Crippen molar-refractivity contribution in [3.8, 4) is 0 Å². The van der Waals surface area contributed by atoms with E-state index in [1.54, 1.807) is 0 Å². The van der Waals surface area contributed by atoms with Crippen LogP contribution in [0.4, 0.5) is 0 Å². The van der Waals surface area contributed by atoms with Crippen molar-refractivity contribution in [2.24, 2.45) is 0 Å². The topological polar surface area (TPSA) is 111 Å². The maximum atomic E-state index is 12.8. The zero-order valence-electron chi connectivity index (χ0n) is 45.5. The van der Waals surface area contributed by atoms with Crippen molar-refractivity contribution in [3.05, 3.63) is 122 Å². The lowest BCUT2D eigenvalue weighted by Gasteiger charge is -2.26. The highest BCUT2D eigenvalue weighted by Crippen LogP contribution is 2.14. The van der Waals surface area contributed by atoms with Crippen LogP contribution in [0, 0.1) is 0 Å². The zero-order valence-corrected chi connectivity index (χ0v) is 45.5. The number of nitrogens with zero attached hydrogens (tertiary/aromatic N) is 1. The van der Waals surface area contributed by atoms with Gasteiger partial charge in [0.1, 0.15) is 13.2 Å². The van der Waals surface area contributed by atoms with E-state index in [1.165, 1.54) is 57.8 Å². The van der Waals surface area contributed by atoms with Gasteiger partial charge in [0.05, 0.1) is 40.3 Å². The summed E-state index contributed by atoms with van der Waals surface area (Å²) in [6, 6.07) is 0. The number of esters is 2. The first-order valence-electron chi connectivity index (χ1n) is 27.7. The maximum Gasteiger partial charge on any atom is 0.306 e. The molecule has 0 fully saturated rings. The normalized spacial score (nSPS) is 13.8. The first-order valence-corrected chi connectivity index (χ1v) is 27.7. The monoisotopic (exact) mass is 988 g/mol. The van der Waals surface area contributed by atoms with Gasteiger partial charge in [0.15, 0.2) is 12.4 Å². The van der Waals surface area contributed by atoms with Crippen LogP contribution in [0.5, 0.6) is 0 Å². The number of hydrogen-bond donors (Lipinski definition) is 0. The maximum absolute atomic E-state index is 12.8. The molecule has 0 aromatic rings. The average molecular weight is 988 g/mol. The third-order valence-electron chi connectivity index (χ3n) is 11.2. The van der Waals surface area contributed by atoms with Crippen LogP contribution in [-0.2, 0) is 33.3 Å². The van der Waals surface area contributed by atoms with E-state index in [-0.39, 0.29) is 32.7 Å². The number of carboxylic acids is 1. The molecule has 0 N–H and O–H groups in total. The van der Waals surface area contributed by atoms with E-state index in [2.05, 4.69) is 135 Å². The fourth-order valence-electron chi connectivity index (χ4n) is 7.00. The van der Waals surface area contributed by atoms with E-state index in [4.69, 9.17) is 18.9 Å². The molecule has 71 heavy (non-hydrogen) atoms. The van der Waals surface area contributed by atoms with Crippen LogP contribution >= 0.6 is 0 Å². The summed E-state index contributed by atoms with van der Waals surface area (Å²) in [5.41, 5.74) is 0.